The summed E-state index contributed by atoms with van der Waals surface area (Å²) in [4.78, 5) is 24.0. The predicted molar refractivity (Wildman–Crippen MR) is 118 cm³/mol. The average molecular weight is 399 g/mol. The fourth-order valence-corrected chi connectivity index (χ4v) is 2.85. The lowest BCUT2D eigenvalue weighted by molar-refractivity contribution is -0.124. The Kier molecular flexibility index (Phi) is 7.17. The minimum Gasteiger partial charge on any atom is -0.480 e. The first kappa shape index (κ1) is 20.6. The maximum atomic E-state index is 12.0. The van der Waals surface area contributed by atoms with Crippen LogP contribution in [0.25, 0.3) is 10.8 Å². The number of ether oxygens (including phenoxy) is 1. The molecule has 3 rings (SSSR count). The summed E-state index contributed by atoms with van der Waals surface area (Å²) in [6.07, 6.45) is 6.89. The van der Waals surface area contributed by atoms with Gasteiger partial charge < -0.3 is 10.1 Å². The normalized spacial score (nSPS) is 10.5. The number of benzene rings is 3. The van der Waals surface area contributed by atoms with Crippen LogP contribution in [0.4, 0.5) is 5.69 Å². The quantitative estimate of drug-likeness (QED) is 0.344. The minimum atomic E-state index is -0.360. The van der Waals surface area contributed by atoms with E-state index >= 15 is 0 Å². The van der Waals surface area contributed by atoms with E-state index in [9.17, 15) is 9.59 Å². The number of nitrogens with zero attached hydrogens (tertiary/aromatic N) is 1. The van der Waals surface area contributed by atoms with E-state index in [1.165, 1.54) is 6.21 Å². The molecule has 2 amide bonds. The van der Waals surface area contributed by atoms with Crippen LogP contribution >= 0.6 is 0 Å². The van der Waals surface area contributed by atoms with E-state index in [-0.39, 0.29) is 31.3 Å². The van der Waals surface area contributed by atoms with Crippen molar-refractivity contribution >= 4 is 34.5 Å². The van der Waals surface area contributed by atoms with Gasteiger partial charge in [-0.2, -0.15) is 5.10 Å². The van der Waals surface area contributed by atoms with Crippen molar-refractivity contribution in [1.29, 1.82) is 0 Å². The number of rotatable bonds is 8. The first-order valence-corrected chi connectivity index (χ1v) is 9.42. The molecule has 0 heterocycles. The third-order valence-electron chi connectivity index (χ3n) is 4.26. The Morgan fingerprint density at radius 1 is 0.967 bits per heavy atom. The van der Waals surface area contributed by atoms with Crippen LogP contribution in [0.15, 0.2) is 71.8 Å². The maximum Gasteiger partial charge on any atom is 0.240 e. The molecule has 3 aromatic rings. The van der Waals surface area contributed by atoms with Crippen molar-refractivity contribution in [3.8, 4) is 18.1 Å². The molecule has 6 nitrogen and oxygen atoms in total. The third-order valence-corrected chi connectivity index (χ3v) is 4.26. The Hall–Kier alpha value is -4.11. The number of terminal acetylenes is 1. The molecule has 0 aromatic heterocycles. The molecule has 6 heteroatoms. The number of para-hydroxylation sites is 1. The van der Waals surface area contributed by atoms with Gasteiger partial charge in [0.2, 0.25) is 11.8 Å². The van der Waals surface area contributed by atoms with Gasteiger partial charge in [0.05, 0.1) is 6.21 Å². The van der Waals surface area contributed by atoms with E-state index < -0.39 is 0 Å². The largest absolute Gasteiger partial charge is 0.480 e. The average Bonchev–Trinajstić information content (AvgIpc) is 2.77. The molecule has 0 spiro atoms. The van der Waals surface area contributed by atoms with Crippen molar-refractivity contribution in [3.63, 3.8) is 0 Å². The lowest BCUT2D eigenvalue weighted by atomic mass is 10.0. The second-order valence-corrected chi connectivity index (χ2v) is 6.40. The van der Waals surface area contributed by atoms with Gasteiger partial charge in [-0.05, 0) is 29.0 Å². The van der Waals surface area contributed by atoms with E-state index in [4.69, 9.17) is 11.2 Å². The zero-order valence-electron chi connectivity index (χ0n) is 16.3. The molecule has 0 bridgehead atoms. The highest BCUT2D eigenvalue weighted by atomic mass is 16.5. The number of hydrogen-bond donors (Lipinski definition) is 2. The first-order chi connectivity index (χ1) is 14.7. The van der Waals surface area contributed by atoms with E-state index in [1.54, 1.807) is 12.1 Å². The minimum absolute atomic E-state index is 0.0198. The second-order valence-electron chi connectivity index (χ2n) is 6.40. The lowest BCUT2D eigenvalue weighted by Gasteiger charge is -2.10. The fraction of sp³-hybridized carbons (Fsp3) is 0.125. The van der Waals surface area contributed by atoms with Crippen LogP contribution in [-0.4, -0.2) is 24.6 Å². The molecule has 0 fully saturated rings. The Labute approximate surface area is 174 Å². The van der Waals surface area contributed by atoms with Crippen LogP contribution < -0.4 is 15.5 Å². The highest BCUT2D eigenvalue weighted by Crippen LogP contribution is 2.26. The smallest absolute Gasteiger partial charge is 0.240 e. The summed E-state index contributed by atoms with van der Waals surface area (Å²) in [6.45, 7) is 0.127. The van der Waals surface area contributed by atoms with Crippen molar-refractivity contribution in [1.82, 2.24) is 5.43 Å². The Morgan fingerprint density at radius 3 is 2.50 bits per heavy atom. The van der Waals surface area contributed by atoms with Gasteiger partial charge in [0.25, 0.3) is 0 Å². The van der Waals surface area contributed by atoms with Crippen LogP contribution in [0.3, 0.4) is 0 Å². The summed E-state index contributed by atoms with van der Waals surface area (Å²) >= 11 is 0. The molecular formula is C24H21N3O3. The monoisotopic (exact) mass is 399 g/mol. The summed E-state index contributed by atoms with van der Waals surface area (Å²) < 4.78 is 5.59. The molecule has 0 unspecified atom stereocenters. The number of fused-ring (bicyclic) bond motifs is 1. The lowest BCUT2D eigenvalue weighted by Crippen LogP contribution is -2.20. The van der Waals surface area contributed by atoms with Crippen LogP contribution in [0.5, 0.6) is 5.75 Å². The highest BCUT2D eigenvalue weighted by Gasteiger charge is 2.09. The topological polar surface area (TPSA) is 79.8 Å². The molecule has 0 saturated heterocycles. The molecule has 3 aromatic carbocycles. The van der Waals surface area contributed by atoms with Crippen LogP contribution in [0.2, 0.25) is 0 Å². The number of hydrogen-bond acceptors (Lipinski definition) is 4. The van der Waals surface area contributed by atoms with Crippen molar-refractivity contribution in [2.45, 2.75) is 12.8 Å². The van der Waals surface area contributed by atoms with Gasteiger partial charge in [-0.1, -0.05) is 54.5 Å². The SMILES string of the molecule is C#CCOc1ccc2ccccc2c1C=NNC(=O)CCC(=O)Nc1ccccc1. The summed E-state index contributed by atoms with van der Waals surface area (Å²) in [5.41, 5.74) is 3.86. The first-order valence-electron chi connectivity index (χ1n) is 9.42. The Balaban J connectivity index is 1.60. The van der Waals surface area contributed by atoms with E-state index in [0.29, 0.717) is 17.0 Å². The van der Waals surface area contributed by atoms with Gasteiger partial charge in [0, 0.05) is 24.1 Å². The number of carbonyl (C=O) groups excluding carboxylic acids is 2. The van der Waals surface area contributed by atoms with Crippen LogP contribution in [0.1, 0.15) is 18.4 Å². The number of anilines is 1. The summed E-state index contributed by atoms with van der Waals surface area (Å²) in [5, 5.41) is 8.70. The van der Waals surface area contributed by atoms with Crippen molar-refractivity contribution in [3.05, 3.63) is 72.3 Å². The van der Waals surface area contributed by atoms with Crippen molar-refractivity contribution in [2.24, 2.45) is 5.10 Å². The zero-order valence-corrected chi connectivity index (χ0v) is 16.3. The Bertz CT molecular complexity index is 1100. The molecule has 0 aliphatic rings. The van der Waals surface area contributed by atoms with Crippen molar-refractivity contribution < 1.29 is 14.3 Å². The number of nitrogens with one attached hydrogen (secondary N) is 2. The van der Waals surface area contributed by atoms with Crippen LogP contribution in [-0.2, 0) is 9.59 Å². The number of hydrazone groups is 1. The highest BCUT2D eigenvalue weighted by molar-refractivity contribution is 6.02. The number of amides is 2. The summed E-state index contributed by atoms with van der Waals surface area (Å²) in [5.74, 6) is 2.41. The van der Waals surface area contributed by atoms with Gasteiger partial charge in [0.1, 0.15) is 12.4 Å². The van der Waals surface area contributed by atoms with Crippen LogP contribution in [0, 0.1) is 12.3 Å². The molecule has 0 atom stereocenters. The van der Waals surface area contributed by atoms with Crippen molar-refractivity contribution in [2.75, 3.05) is 11.9 Å². The van der Waals surface area contributed by atoms with Gasteiger partial charge in [-0.25, -0.2) is 5.43 Å². The molecule has 0 aliphatic carbocycles. The molecule has 2 N–H and O–H groups in total. The van der Waals surface area contributed by atoms with Gasteiger partial charge in [0.15, 0.2) is 0 Å². The third kappa shape index (κ3) is 5.69. The van der Waals surface area contributed by atoms with E-state index in [0.717, 1.165) is 10.8 Å². The molecule has 150 valence electrons. The van der Waals surface area contributed by atoms with E-state index in [2.05, 4.69) is 21.8 Å². The molecule has 0 radical (unpaired) electrons. The summed E-state index contributed by atoms with van der Waals surface area (Å²) in [6, 6.07) is 20.6. The van der Waals surface area contributed by atoms with Gasteiger partial charge >= 0.3 is 0 Å². The molecule has 30 heavy (non-hydrogen) atoms. The van der Waals surface area contributed by atoms with Gasteiger partial charge in [-0.15, -0.1) is 6.42 Å². The fourth-order valence-electron chi connectivity index (χ4n) is 2.85. The second kappa shape index (κ2) is 10.4. The number of carbonyl (C=O) groups is 2. The predicted octanol–water partition coefficient (Wildman–Crippen LogP) is 3.72. The zero-order chi connectivity index (χ0) is 21.2. The maximum absolute atomic E-state index is 12.0. The molecule has 0 saturated carbocycles. The molecular weight excluding hydrogens is 378 g/mol. The molecule has 0 aliphatic heterocycles. The van der Waals surface area contributed by atoms with E-state index in [1.807, 2.05) is 54.6 Å². The standard InChI is InChI=1S/C24H21N3O3/c1-2-16-30-22-13-12-18-8-6-7-11-20(18)21(22)17-25-27-24(29)15-14-23(28)26-19-9-4-3-5-10-19/h1,3-13,17H,14-16H2,(H,26,28)(H,27,29). The van der Waals surface area contributed by atoms with Gasteiger partial charge in [-0.3, -0.25) is 9.59 Å². The Morgan fingerprint density at radius 2 is 1.70 bits per heavy atom. The summed E-state index contributed by atoms with van der Waals surface area (Å²) in [7, 11) is 0.